The van der Waals surface area contributed by atoms with Crippen molar-refractivity contribution in [3.63, 3.8) is 0 Å². The van der Waals surface area contributed by atoms with Crippen LogP contribution in [0, 0.1) is 20.8 Å². The van der Waals surface area contributed by atoms with Crippen LogP contribution in [0.25, 0.3) is 0 Å². The molecule has 45 heavy (non-hydrogen) atoms. The van der Waals surface area contributed by atoms with Gasteiger partial charge in [-0.3, -0.25) is 13.9 Å². The normalized spacial score (nSPS) is 12.0. The van der Waals surface area contributed by atoms with Gasteiger partial charge in [0, 0.05) is 29.6 Å². The first-order valence-corrected chi connectivity index (χ1v) is 16.8. The van der Waals surface area contributed by atoms with Crippen LogP contribution in [0.1, 0.15) is 34.7 Å². The number of rotatable bonds is 12. The molecule has 7 nitrogen and oxygen atoms in total. The number of aryl methyl sites for hydroxylation is 3. The summed E-state index contributed by atoms with van der Waals surface area (Å²) in [5.74, 6) is -0.928. The Hall–Kier alpha value is -3.85. The first kappa shape index (κ1) is 34.0. The first-order valence-electron chi connectivity index (χ1n) is 14.6. The molecular formula is C35H37Cl2N3O4S. The van der Waals surface area contributed by atoms with Gasteiger partial charge in [0.25, 0.3) is 10.0 Å². The number of nitrogens with one attached hydrogen (secondary N) is 1. The Labute approximate surface area is 275 Å². The molecule has 4 rings (SSSR count). The van der Waals surface area contributed by atoms with Crippen LogP contribution in [0.2, 0.25) is 10.0 Å². The van der Waals surface area contributed by atoms with E-state index in [-0.39, 0.29) is 23.8 Å². The lowest BCUT2D eigenvalue weighted by Gasteiger charge is -2.34. The average molecular weight is 667 g/mol. The molecule has 0 aliphatic rings. The van der Waals surface area contributed by atoms with Gasteiger partial charge in [0.15, 0.2) is 0 Å². The van der Waals surface area contributed by atoms with Crippen LogP contribution in [-0.2, 0) is 32.6 Å². The van der Waals surface area contributed by atoms with Crippen molar-refractivity contribution in [3.05, 3.63) is 129 Å². The molecule has 0 unspecified atom stereocenters. The zero-order chi connectivity index (χ0) is 32.7. The van der Waals surface area contributed by atoms with Crippen molar-refractivity contribution in [2.75, 3.05) is 17.4 Å². The van der Waals surface area contributed by atoms with Crippen LogP contribution in [0.5, 0.6) is 0 Å². The maximum absolute atomic E-state index is 14.5. The third-order valence-corrected chi connectivity index (χ3v) is 9.85. The van der Waals surface area contributed by atoms with E-state index in [4.69, 9.17) is 23.2 Å². The molecule has 0 bridgehead atoms. The van der Waals surface area contributed by atoms with Crippen LogP contribution in [-0.4, -0.2) is 44.3 Å². The Balaban J connectivity index is 1.84. The van der Waals surface area contributed by atoms with E-state index in [1.54, 1.807) is 43.3 Å². The summed E-state index contributed by atoms with van der Waals surface area (Å²) in [5, 5.41) is 3.61. The number of hydrogen-bond acceptors (Lipinski definition) is 4. The number of anilines is 1. The molecule has 2 amide bonds. The molecule has 0 spiro atoms. The molecule has 0 aliphatic heterocycles. The van der Waals surface area contributed by atoms with Gasteiger partial charge in [0.05, 0.1) is 10.6 Å². The Morgan fingerprint density at radius 3 is 2.13 bits per heavy atom. The molecule has 4 aromatic carbocycles. The van der Waals surface area contributed by atoms with Gasteiger partial charge in [-0.25, -0.2) is 8.42 Å². The zero-order valence-corrected chi connectivity index (χ0v) is 28.1. The predicted molar refractivity (Wildman–Crippen MR) is 181 cm³/mol. The number of carbonyl (C=O) groups excluding carboxylic acids is 2. The third-order valence-electron chi connectivity index (χ3n) is 7.49. The molecule has 4 aromatic rings. The van der Waals surface area contributed by atoms with Gasteiger partial charge in [-0.15, -0.1) is 0 Å². The van der Waals surface area contributed by atoms with E-state index in [0.717, 1.165) is 21.0 Å². The van der Waals surface area contributed by atoms with E-state index >= 15 is 0 Å². The van der Waals surface area contributed by atoms with E-state index in [0.29, 0.717) is 33.4 Å². The number of hydrogen-bond donors (Lipinski definition) is 1. The smallest absolute Gasteiger partial charge is 0.264 e. The second-order valence-electron chi connectivity index (χ2n) is 11.0. The molecule has 236 valence electrons. The Morgan fingerprint density at radius 1 is 0.844 bits per heavy atom. The fourth-order valence-corrected chi connectivity index (χ4v) is 7.06. The molecule has 0 aliphatic carbocycles. The zero-order valence-electron chi connectivity index (χ0n) is 25.8. The number of benzene rings is 4. The quantitative estimate of drug-likeness (QED) is 0.179. The average Bonchev–Trinajstić information content (AvgIpc) is 2.99. The van der Waals surface area contributed by atoms with E-state index in [1.165, 1.54) is 17.0 Å². The Kier molecular flexibility index (Phi) is 11.3. The monoisotopic (exact) mass is 665 g/mol. The van der Waals surface area contributed by atoms with E-state index in [1.807, 2.05) is 63.2 Å². The van der Waals surface area contributed by atoms with E-state index < -0.39 is 28.5 Å². The molecule has 1 atom stereocenters. The lowest BCUT2D eigenvalue weighted by Crippen LogP contribution is -2.53. The molecule has 0 radical (unpaired) electrons. The summed E-state index contributed by atoms with van der Waals surface area (Å²) >= 11 is 12.7. The van der Waals surface area contributed by atoms with Crippen molar-refractivity contribution in [3.8, 4) is 0 Å². The molecular weight excluding hydrogens is 629 g/mol. The van der Waals surface area contributed by atoms with Gasteiger partial charge >= 0.3 is 0 Å². The maximum atomic E-state index is 14.5. The number of sulfonamides is 1. The minimum Gasteiger partial charge on any atom is -0.355 e. The fourth-order valence-electron chi connectivity index (χ4n) is 5.12. The minimum absolute atomic E-state index is 0.0469. The molecule has 0 saturated carbocycles. The van der Waals surface area contributed by atoms with Crippen LogP contribution >= 0.6 is 23.2 Å². The number of likely N-dealkylation sites (N-methyl/N-ethyl adjacent to an activating group) is 1. The van der Waals surface area contributed by atoms with Crippen molar-refractivity contribution in [2.24, 2.45) is 0 Å². The van der Waals surface area contributed by atoms with Gasteiger partial charge in [0.2, 0.25) is 11.8 Å². The Morgan fingerprint density at radius 2 is 1.51 bits per heavy atom. The van der Waals surface area contributed by atoms with Gasteiger partial charge in [-0.1, -0.05) is 95.0 Å². The highest BCUT2D eigenvalue weighted by molar-refractivity contribution is 7.92. The molecule has 0 fully saturated rings. The van der Waals surface area contributed by atoms with Crippen molar-refractivity contribution in [1.82, 2.24) is 10.2 Å². The van der Waals surface area contributed by atoms with Crippen LogP contribution < -0.4 is 9.62 Å². The first-order chi connectivity index (χ1) is 21.4. The van der Waals surface area contributed by atoms with Gasteiger partial charge in [-0.2, -0.15) is 0 Å². The predicted octanol–water partition coefficient (Wildman–Crippen LogP) is 6.89. The van der Waals surface area contributed by atoms with Crippen LogP contribution in [0.15, 0.2) is 95.9 Å². The lowest BCUT2D eigenvalue weighted by atomic mass is 10.0. The molecule has 0 heterocycles. The number of amides is 2. The van der Waals surface area contributed by atoms with Gasteiger partial charge in [0.1, 0.15) is 12.6 Å². The Bertz CT molecular complexity index is 1760. The summed E-state index contributed by atoms with van der Waals surface area (Å²) in [4.78, 5) is 29.6. The van der Waals surface area contributed by atoms with Crippen LogP contribution in [0.3, 0.4) is 0 Å². The molecule has 0 aromatic heterocycles. The van der Waals surface area contributed by atoms with Crippen molar-refractivity contribution in [2.45, 2.75) is 51.6 Å². The van der Waals surface area contributed by atoms with Crippen LogP contribution in [0.4, 0.5) is 5.69 Å². The van der Waals surface area contributed by atoms with Crippen molar-refractivity contribution < 1.29 is 18.0 Å². The molecule has 0 saturated heterocycles. The highest BCUT2D eigenvalue weighted by atomic mass is 35.5. The summed E-state index contributed by atoms with van der Waals surface area (Å²) < 4.78 is 29.6. The second kappa shape index (κ2) is 15.0. The molecule has 10 heteroatoms. The number of carbonyl (C=O) groups is 2. The van der Waals surface area contributed by atoms with E-state index in [2.05, 4.69) is 5.32 Å². The summed E-state index contributed by atoms with van der Waals surface area (Å²) in [6.07, 6.45) is 0.206. The number of halogens is 2. The summed E-state index contributed by atoms with van der Waals surface area (Å²) in [6.45, 7) is 7.15. The topological polar surface area (TPSA) is 86.8 Å². The lowest BCUT2D eigenvalue weighted by molar-refractivity contribution is -0.140. The number of nitrogens with zero attached hydrogens (tertiary/aromatic N) is 2. The van der Waals surface area contributed by atoms with E-state index in [9.17, 15) is 18.0 Å². The molecule has 1 N–H and O–H groups in total. The fraction of sp³-hybridized carbons (Fsp3) is 0.257. The summed E-state index contributed by atoms with van der Waals surface area (Å²) in [7, 11) is -4.19. The standard InChI is InChI=1S/C35H37Cl2N3O4S/c1-5-38-35(42)33(20-27-9-7-6-8-10-27)39(22-28-14-15-29(36)21-31(28)37)34(41)23-40(32-18-13-25(3)19-26(32)4)45(43,44)30-16-11-24(2)12-17-30/h6-19,21,33H,5,20,22-23H2,1-4H3,(H,38,42)/t33-/m1/s1. The SMILES string of the molecule is CCNC(=O)[C@@H](Cc1ccccc1)N(Cc1ccc(Cl)cc1Cl)C(=O)CN(c1ccc(C)cc1C)S(=O)(=O)c1ccc(C)cc1. The van der Waals surface area contributed by atoms with Gasteiger partial charge in [-0.05, 0) is 74.7 Å². The minimum atomic E-state index is -4.19. The summed E-state index contributed by atoms with van der Waals surface area (Å²) in [5.41, 5.74) is 4.32. The highest BCUT2D eigenvalue weighted by Gasteiger charge is 2.35. The summed E-state index contributed by atoms with van der Waals surface area (Å²) in [6, 6.07) is 25.2. The van der Waals surface area contributed by atoms with Crippen molar-refractivity contribution in [1.29, 1.82) is 0 Å². The van der Waals surface area contributed by atoms with Gasteiger partial charge < -0.3 is 10.2 Å². The second-order valence-corrected chi connectivity index (χ2v) is 13.7. The van der Waals surface area contributed by atoms with Crippen molar-refractivity contribution >= 4 is 50.7 Å². The highest BCUT2D eigenvalue weighted by Crippen LogP contribution is 2.29. The largest absolute Gasteiger partial charge is 0.355 e. The maximum Gasteiger partial charge on any atom is 0.264 e. The third kappa shape index (κ3) is 8.45.